The summed E-state index contributed by atoms with van der Waals surface area (Å²) >= 11 is 1.23. The van der Waals surface area contributed by atoms with E-state index in [-0.39, 0.29) is 5.69 Å². The van der Waals surface area contributed by atoms with Crippen LogP contribution in [0.5, 0.6) is 0 Å². The van der Waals surface area contributed by atoms with Crippen LogP contribution in [0.2, 0.25) is 0 Å². The van der Waals surface area contributed by atoms with Gasteiger partial charge in [-0.15, -0.1) is 11.3 Å². The first-order valence-corrected chi connectivity index (χ1v) is 9.34. The number of amides is 1. The molecule has 1 amide bonds. The molecule has 0 atom stereocenters. The van der Waals surface area contributed by atoms with Gasteiger partial charge in [0.25, 0.3) is 5.91 Å². The third-order valence-corrected chi connectivity index (χ3v) is 6.42. The summed E-state index contributed by atoms with van der Waals surface area (Å²) in [5.41, 5.74) is 0.408. The van der Waals surface area contributed by atoms with Crippen LogP contribution in [0.15, 0.2) is 18.3 Å². The number of rotatable bonds is 3. The zero-order valence-corrected chi connectivity index (χ0v) is 15.0. The highest BCUT2D eigenvalue weighted by Crippen LogP contribution is 2.45. The summed E-state index contributed by atoms with van der Waals surface area (Å²) in [6.45, 7) is -1.50. The first-order valence-electron chi connectivity index (χ1n) is 8.53. The van der Waals surface area contributed by atoms with Crippen LogP contribution >= 0.6 is 11.3 Å². The summed E-state index contributed by atoms with van der Waals surface area (Å²) in [5, 5.41) is 12.9. The molecule has 0 aliphatic carbocycles. The minimum Gasteiger partial charge on any atom is -0.477 e. The Morgan fingerprint density at radius 1 is 1.33 bits per heavy atom. The molecular formula is C17H17F2N3O4S. The average Bonchev–Trinajstić information content (AvgIpc) is 3.30. The molecule has 4 heterocycles. The van der Waals surface area contributed by atoms with Gasteiger partial charge in [-0.05, 0) is 37.0 Å². The molecule has 10 heteroatoms. The van der Waals surface area contributed by atoms with Crippen molar-refractivity contribution in [3.8, 4) is 0 Å². The van der Waals surface area contributed by atoms with Gasteiger partial charge in [0.15, 0.2) is 5.69 Å². The van der Waals surface area contributed by atoms with Crippen molar-refractivity contribution in [1.82, 2.24) is 14.7 Å². The van der Waals surface area contributed by atoms with E-state index in [1.165, 1.54) is 17.4 Å². The van der Waals surface area contributed by atoms with Gasteiger partial charge in [-0.3, -0.25) is 4.79 Å². The zero-order chi connectivity index (χ0) is 19.2. The van der Waals surface area contributed by atoms with Crippen LogP contribution in [0.4, 0.5) is 8.78 Å². The molecular weight excluding hydrogens is 380 g/mol. The van der Waals surface area contributed by atoms with Gasteiger partial charge < -0.3 is 14.7 Å². The molecule has 4 rings (SSSR count). The number of carbonyl (C=O) groups excluding carboxylic acids is 1. The van der Waals surface area contributed by atoms with Crippen molar-refractivity contribution in [1.29, 1.82) is 0 Å². The molecule has 1 spiro atoms. The number of aromatic carboxylic acids is 1. The molecule has 1 saturated heterocycles. The van der Waals surface area contributed by atoms with Crippen molar-refractivity contribution in [2.45, 2.75) is 31.4 Å². The fourth-order valence-corrected chi connectivity index (χ4v) is 4.94. The van der Waals surface area contributed by atoms with Crippen LogP contribution in [0.1, 0.15) is 50.0 Å². The van der Waals surface area contributed by atoms with Crippen molar-refractivity contribution in [3.05, 3.63) is 39.3 Å². The minimum atomic E-state index is -2.78. The first kappa shape index (κ1) is 18.1. The molecule has 0 saturated carbocycles. The summed E-state index contributed by atoms with van der Waals surface area (Å²) in [5.74, 6) is -1.34. The van der Waals surface area contributed by atoms with Crippen LogP contribution in [0, 0.1) is 0 Å². The van der Waals surface area contributed by atoms with E-state index in [1.54, 1.807) is 11.0 Å². The largest absolute Gasteiger partial charge is 0.477 e. The summed E-state index contributed by atoms with van der Waals surface area (Å²) in [6.07, 6.45) is 2.81. The molecule has 2 aromatic rings. The Morgan fingerprint density at radius 2 is 2.07 bits per heavy atom. The third-order valence-electron chi connectivity index (χ3n) is 5.07. The van der Waals surface area contributed by atoms with Crippen LogP contribution in [0.3, 0.4) is 0 Å². The van der Waals surface area contributed by atoms with Crippen molar-refractivity contribution in [2.75, 3.05) is 19.7 Å². The molecule has 0 aromatic carbocycles. The number of alkyl halides is 2. The lowest BCUT2D eigenvalue weighted by Gasteiger charge is -2.43. The van der Waals surface area contributed by atoms with Crippen molar-refractivity contribution in [3.63, 3.8) is 0 Å². The number of fused-ring (bicyclic) bond motifs is 2. The van der Waals surface area contributed by atoms with Crippen molar-refractivity contribution >= 4 is 23.2 Å². The van der Waals surface area contributed by atoms with Gasteiger partial charge in [0, 0.05) is 24.2 Å². The SMILES string of the molecule is O=C(O)c1cc2c(s1)C1(CCN(C(=O)c3ccn(C(F)F)n3)CC1)OCC2. The molecule has 2 aliphatic heterocycles. The molecule has 144 valence electrons. The maximum absolute atomic E-state index is 12.6. The highest BCUT2D eigenvalue weighted by atomic mass is 32.1. The number of thiophene rings is 1. The number of carboxylic acid groups (broad SMARTS) is 1. The second-order valence-electron chi connectivity index (χ2n) is 6.61. The molecule has 1 N–H and O–H groups in total. The van der Waals surface area contributed by atoms with Gasteiger partial charge in [0.1, 0.15) is 10.5 Å². The lowest BCUT2D eigenvalue weighted by molar-refractivity contribution is -0.0906. The number of aromatic nitrogens is 2. The molecule has 0 unspecified atom stereocenters. The molecule has 2 aromatic heterocycles. The van der Waals surface area contributed by atoms with Crippen LogP contribution < -0.4 is 0 Å². The highest BCUT2D eigenvalue weighted by molar-refractivity contribution is 7.14. The second kappa shape index (κ2) is 6.68. The monoisotopic (exact) mass is 397 g/mol. The standard InChI is InChI=1S/C17H17F2N3O4S/c18-16(19)22-5-1-11(20-22)14(23)21-6-3-17(4-7-21)13-10(2-8-26-17)9-12(27-13)15(24)25/h1,5,9,16H,2-4,6-8H2,(H,24,25). The number of hydrogen-bond acceptors (Lipinski definition) is 5. The van der Waals surface area contributed by atoms with Crippen LogP contribution in [-0.4, -0.2) is 51.4 Å². The summed E-state index contributed by atoms with van der Waals surface area (Å²) in [7, 11) is 0. The Labute approximate surface area is 157 Å². The number of carbonyl (C=O) groups is 2. The first-order chi connectivity index (χ1) is 12.9. The smallest absolute Gasteiger partial charge is 0.345 e. The lowest BCUT2D eigenvalue weighted by Crippen LogP contribution is -2.48. The predicted octanol–water partition coefficient (Wildman–Crippen LogP) is 2.74. The van der Waals surface area contributed by atoms with Gasteiger partial charge in [0.2, 0.25) is 0 Å². The summed E-state index contributed by atoms with van der Waals surface area (Å²) in [4.78, 5) is 26.6. The van der Waals surface area contributed by atoms with E-state index in [0.717, 1.165) is 16.6 Å². The number of likely N-dealkylation sites (tertiary alicyclic amines) is 1. The van der Waals surface area contributed by atoms with Gasteiger partial charge in [-0.1, -0.05) is 0 Å². The highest BCUT2D eigenvalue weighted by Gasteiger charge is 2.43. The van der Waals surface area contributed by atoms with E-state index >= 15 is 0 Å². The van der Waals surface area contributed by atoms with Crippen molar-refractivity contribution < 1.29 is 28.2 Å². The number of carboxylic acids is 1. The maximum atomic E-state index is 12.6. The number of nitrogens with zero attached hydrogens (tertiary/aromatic N) is 3. The molecule has 1 fully saturated rings. The molecule has 2 aliphatic rings. The van der Waals surface area contributed by atoms with Gasteiger partial charge in [-0.2, -0.15) is 13.9 Å². The van der Waals surface area contributed by atoms with E-state index in [4.69, 9.17) is 4.74 Å². The third kappa shape index (κ3) is 3.12. The van der Waals surface area contributed by atoms with Crippen LogP contribution in [0.25, 0.3) is 0 Å². The second-order valence-corrected chi connectivity index (χ2v) is 7.67. The lowest BCUT2D eigenvalue weighted by atomic mass is 9.85. The number of hydrogen-bond donors (Lipinski definition) is 1. The number of ether oxygens (including phenoxy) is 1. The van der Waals surface area contributed by atoms with Crippen molar-refractivity contribution in [2.24, 2.45) is 0 Å². The van der Waals surface area contributed by atoms with Gasteiger partial charge in [-0.25, -0.2) is 9.48 Å². The normalized spacial score (nSPS) is 18.7. The van der Waals surface area contributed by atoms with Gasteiger partial charge in [0.05, 0.1) is 6.61 Å². The number of halogens is 2. The topological polar surface area (TPSA) is 84.7 Å². The maximum Gasteiger partial charge on any atom is 0.345 e. The van der Waals surface area contributed by atoms with E-state index in [1.807, 2.05) is 0 Å². The van der Waals surface area contributed by atoms with E-state index in [9.17, 15) is 23.5 Å². The molecule has 7 nitrogen and oxygen atoms in total. The summed E-state index contributed by atoms with van der Waals surface area (Å²) < 4.78 is 31.8. The molecule has 27 heavy (non-hydrogen) atoms. The minimum absolute atomic E-state index is 0.0132. The van der Waals surface area contributed by atoms with E-state index in [2.05, 4.69) is 5.10 Å². The Morgan fingerprint density at radius 3 is 2.70 bits per heavy atom. The molecule has 0 bridgehead atoms. The fourth-order valence-electron chi connectivity index (χ4n) is 3.69. The fraction of sp³-hybridized carbons (Fsp3) is 0.471. The average molecular weight is 397 g/mol. The Balaban J connectivity index is 1.50. The predicted molar refractivity (Wildman–Crippen MR) is 91.2 cm³/mol. The quantitative estimate of drug-likeness (QED) is 0.861. The Bertz CT molecular complexity index is 887. The van der Waals surface area contributed by atoms with E-state index in [0.29, 0.717) is 48.5 Å². The molecule has 0 radical (unpaired) electrons. The number of piperidine rings is 1. The zero-order valence-electron chi connectivity index (χ0n) is 14.2. The van der Waals surface area contributed by atoms with Gasteiger partial charge >= 0.3 is 12.5 Å². The van der Waals surface area contributed by atoms with E-state index < -0.39 is 24.0 Å². The van der Waals surface area contributed by atoms with Crippen LogP contribution in [-0.2, 0) is 16.8 Å². The summed E-state index contributed by atoms with van der Waals surface area (Å²) in [6, 6.07) is 2.99. The Kier molecular flexibility index (Phi) is 4.47. The Hall–Kier alpha value is -2.33.